The Morgan fingerprint density at radius 1 is 1.10 bits per heavy atom. The molecule has 0 fully saturated rings. The summed E-state index contributed by atoms with van der Waals surface area (Å²) >= 11 is 0. The molecule has 4 aromatic rings. The second kappa shape index (κ2) is 7.63. The summed E-state index contributed by atoms with van der Waals surface area (Å²) in [5.41, 5.74) is 2.42. The quantitative estimate of drug-likeness (QED) is 0.377. The predicted octanol–water partition coefficient (Wildman–Crippen LogP) is 4.74. The van der Waals surface area contributed by atoms with E-state index in [1.54, 1.807) is 31.3 Å². The van der Waals surface area contributed by atoms with Crippen LogP contribution < -0.4 is 15.4 Å². The van der Waals surface area contributed by atoms with Gasteiger partial charge in [-0.15, -0.1) is 0 Å². The van der Waals surface area contributed by atoms with Crippen molar-refractivity contribution in [3.8, 4) is 11.8 Å². The molecule has 0 saturated carbocycles. The van der Waals surface area contributed by atoms with Crippen molar-refractivity contribution < 1.29 is 9.13 Å². The van der Waals surface area contributed by atoms with Gasteiger partial charge in [0.05, 0.1) is 5.69 Å². The Hall–Kier alpha value is -3.88. The van der Waals surface area contributed by atoms with Gasteiger partial charge in [0.25, 0.3) is 0 Å². The second-order valence-corrected chi connectivity index (χ2v) is 6.40. The molecule has 0 aliphatic carbocycles. The Bertz CT molecular complexity index is 1190. The predicted molar refractivity (Wildman–Crippen MR) is 111 cm³/mol. The summed E-state index contributed by atoms with van der Waals surface area (Å²) < 4.78 is 20.5. The standard InChI is InChI=1S/C20H20FN7O/c1-4-5-12-9-18(28-27-12)24-17-10-16(22-3)25-20(26-17)29-15-7-6-14-13(19(15)21)8-11(2)23-14/h4-10,23H,1-3H3,(H3,22,24,25,26,27,28)/b5-4+. The lowest BCUT2D eigenvalue weighted by Crippen LogP contribution is -2.02. The number of allylic oxidation sites excluding steroid dienone is 1. The van der Waals surface area contributed by atoms with E-state index in [-0.39, 0.29) is 11.8 Å². The molecule has 0 radical (unpaired) electrons. The Labute approximate surface area is 166 Å². The number of nitrogens with one attached hydrogen (secondary N) is 4. The minimum absolute atomic E-state index is 0.00840. The van der Waals surface area contributed by atoms with Crippen LogP contribution in [-0.4, -0.2) is 32.2 Å². The first-order valence-electron chi connectivity index (χ1n) is 9.03. The molecule has 4 N–H and O–H groups in total. The van der Waals surface area contributed by atoms with Crippen molar-refractivity contribution in [2.75, 3.05) is 17.7 Å². The summed E-state index contributed by atoms with van der Waals surface area (Å²) in [7, 11) is 1.73. The van der Waals surface area contributed by atoms with Gasteiger partial charge in [-0.2, -0.15) is 15.1 Å². The molecule has 29 heavy (non-hydrogen) atoms. The number of H-pyrrole nitrogens is 2. The maximum atomic E-state index is 14.8. The number of aromatic amines is 2. The Morgan fingerprint density at radius 2 is 1.93 bits per heavy atom. The van der Waals surface area contributed by atoms with Crippen molar-refractivity contribution in [2.45, 2.75) is 13.8 Å². The molecule has 3 heterocycles. The monoisotopic (exact) mass is 393 g/mol. The van der Waals surface area contributed by atoms with Crippen molar-refractivity contribution in [3.05, 3.63) is 53.6 Å². The molecule has 0 unspecified atom stereocenters. The van der Waals surface area contributed by atoms with E-state index in [1.165, 1.54) is 0 Å². The average Bonchev–Trinajstić information content (AvgIpc) is 3.30. The number of halogens is 1. The smallest absolute Gasteiger partial charge is 0.326 e. The lowest BCUT2D eigenvalue weighted by Gasteiger charge is -2.10. The first kappa shape index (κ1) is 18.5. The van der Waals surface area contributed by atoms with Crippen LogP contribution >= 0.6 is 0 Å². The normalized spacial score (nSPS) is 11.3. The molecule has 148 valence electrons. The molecular formula is C20H20FN7O. The topological polar surface area (TPSA) is 104 Å². The fourth-order valence-electron chi connectivity index (χ4n) is 2.92. The Balaban J connectivity index is 1.63. The highest BCUT2D eigenvalue weighted by atomic mass is 19.1. The number of anilines is 3. The van der Waals surface area contributed by atoms with Crippen molar-refractivity contribution in [2.24, 2.45) is 0 Å². The van der Waals surface area contributed by atoms with E-state index in [4.69, 9.17) is 4.74 Å². The zero-order valence-electron chi connectivity index (χ0n) is 16.2. The fourth-order valence-corrected chi connectivity index (χ4v) is 2.92. The highest BCUT2D eigenvalue weighted by Crippen LogP contribution is 2.30. The average molecular weight is 393 g/mol. The van der Waals surface area contributed by atoms with Crippen molar-refractivity contribution in [1.29, 1.82) is 0 Å². The van der Waals surface area contributed by atoms with Crippen LogP contribution in [0.25, 0.3) is 17.0 Å². The molecule has 0 saturated heterocycles. The van der Waals surface area contributed by atoms with Gasteiger partial charge in [0.2, 0.25) is 0 Å². The van der Waals surface area contributed by atoms with E-state index in [1.807, 2.05) is 32.1 Å². The van der Waals surface area contributed by atoms with E-state index in [2.05, 4.69) is 35.8 Å². The zero-order valence-corrected chi connectivity index (χ0v) is 16.2. The lowest BCUT2D eigenvalue weighted by atomic mass is 10.2. The molecule has 0 aliphatic rings. The molecule has 1 aromatic carbocycles. The van der Waals surface area contributed by atoms with Gasteiger partial charge >= 0.3 is 6.01 Å². The van der Waals surface area contributed by atoms with Gasteiger partial charge in [0.1, 0.15) is 11.6 Å². The van der Waals surface area contributed by atoms with Gasteiger partial charge in [-0.1, -0.05) is 6.08 Å². The maximum Gasteiger partial charge on any atom is 0.326 e. The molecule has 8 nitrogen and oxygen atoms in total. The van der Waals surface area contributed by atoms with Crippen LogP contribution in [-0.2, 0) is 0 Å². The summed E-state index contributed by atoms with van der Waals surface area (Å²) in [6, 6.07) is 8.58. The van der Waals surface area contributed by atoms with Gasteiger partial charge < -0.3 is 20.4 Å². The van der Waals surface area contributed by atoms with Crippen LogP contribution in [0.1, 0.15) is 18.3 Å². The molecule has 3 aromatic heterocycles. The summed E-state index contributed by atoms with van der Waals surface area (Å²) in [6.45, 7) is 3.79. The van der Waals surface area contributed by atoms with Crippen LogP contribution in [0, 0.1) is 12.7 Å². The number of fused-ring (bicyclic) bond motifs is 1. The summed E-state index contributed by atoms with van der Waals surface area (Å²) in [5.74, 6) is 1.13. The molecule has 0 aliphatic heterocycles. The van der Waals surface area contributed by atoms with E-state index in [0.29, 0.717) is 28.4 Å². The third-order valence-corrected chi connectivity index (χ3v) is 4.20. The molecule has 0 atom stereocenters. The first-order chi connectivity index (χ1) is 14.1. The van der Waals surface area contributed by atoms with Crippen LogP contribution in [0.4, 0.5) is 21.8 Å². The van der Waals surface area contributed by atoms with E-state index in [0.717, 1.165) is 11.4 Å². The number of hydrogen-bond acceptors (Lipinski definition) is 6. The highest BCUT2D eigenvalue weighted by Gasteiger charge is 2.14. The molecule has 4 rings (SSSR count). The number of rotatable bonds is 6. The Kier molecular flexibility index (Phi) is 4.86. The van der Waals surface area contributed by atoms with Gasteiger partial charge in [-0.05, 0) is 38.1 Å². The van der Waals surface area contributed by atoms with Crippen LogP contribution in [0.15, 0.2) is 36.4 Å². The Morgan fingerprint density at radius 3 is 2.72 bits per heavy atom. The minimum Gasteiger partial charge on any atom is -0.421 e. The highest BCUT2D eigenvalue weighted by molar-refractivity contribution is 5.82. The zero-order chi connectivity index (χ0) is 20.4. The fraction of sp³-hybridized carbons (Fsp3) is 0.150. The SMILES string of the molecule is C/C=C/c1cc(Nc2cc(NC)nc(Oc3ccc4[nH]c(C)cc4c3F)n2)n[nH]1. The number of benzene rings is 1. The number of aromatic nitrogens is 5. The number of nitrogens with zero attached hydrogens (tertiary/aromatic N) is 3. The number of hydrogen-bond donors (Lipinski definition) is 4. The lowest BCUT2D eigenvalue weighted by molar-refractivity contribution is 0.415. The summed E-state index contributed by atoms with van der Waals surface area (Å²) in [6.07, 6.45) is 3.80. The van der Waals surface area contributed by atoms with E-state index >= 15 is 0 Å². The van der Waals surface area contributed by atoms with Crippen molar-refractivity contribution in [3.63, 3.8) is 0 Å². The number of ether oxygens (including phenoxy) is 1. The van der Waals surface area contributed by atoms with Crippen LogP contribution in [0.3, 0.4) is 0 Å². The molecule has 0 bridgehead atoms. The third-order valence-electron chi connectivity index (χ3n) is 4.20. The molecule has 0 amide bonds. The third kappa shape index (κ3) is 3.88. The van der Waals surface area contributed by atoms with Gasteiger partial charge in [0, 0.05) is 35.8 Å². The van der Waals surface area contributed by atoms with Gasteiger partial charge in [-0.25, -0.2) is 4.39 Å². The van der Waals surface area contributed by atoms with Crippen LogP contribution in [0.2, 0.25) is 0 Å². The van der Waals surface area contributed by atoms with Gasteiger partial charge in [0.15, 0.2) is 17.4 Å². The largest absolute Gasteiger partial charge is 0.421 e. The molecular weight excluding hydrogens is 373 g/mol. The van der Waals surface area contributed by atoms with Gasteiger partial charge in [-0.3, -0.25) is 5.10 Å². The van der Waals surface area contributed by atoms with Crippen molar-refractivity contribution >= 4 is 34.4 Å². The van der Waals surface area contributed by atoms with Crippen LogP contribution in [0.5, 0.6) is 11.8 Å². The van der Waals surface area contributed by atoms with E-state index in [9.17, 15) is 4.39 Å². The van der Waals surface area contributed by atoms with E-state index < -0.39 is 5.82 Å². The minimum atomic E-state index is -0.469. The summed E-state index contributed by atoms with van der Waals surface area (Å²) in [4.78, 5) is 11.7. The molecule has 0 spiro atoms. The first-order valence-corrected chi connectivity index (χ1v) is 9.03. The maximum absolute atomic E-state index is 14.8. The van der Waals surface area contributed by atoms with Crippen molar-refractivity contribution in [1.82, 2.24) is 25.1 Å². The second-order valence-electron chi connectivity index (χ2n) is 6.40. The number of aryl methyl sites for hydroxylation is 1. The molecule has 9 heteroatoms. The summed E-state index contributed by atoms with van der Waals surface area (Å²) in [5, 5.41) is 13.6.